The first-order valence-electron chi connectivity index (χ1n) is 10.3. The lowest BCUT2D eigenvalue weighted by Gasteiger charge is -2.36. The number of ether oxygens (including phenoxy) is 1. The van der Waals surface area contributed by atoms with Gasteiger partial charge in [-0.25, -0.2) is 4.98 Å². The Balaban J connectivity index is 1.34. The molecule has 2 aromatic carbocycles. The number of likely N-dealkylation sites (tertiary alicyclic amines) is 1. The number of nitrogens with zero attached hydrogens (tertiary/aromatic N) is 3. The van der Waals surface area contributed by atoms with Gasteiger partial charge in [0.05, 0.1) is 41.6 Å². The van der Waals surface area contributed by atoms with Gasteiger partial charge in [-0.15, -0.1) is 0 Å². The number of amides is 1. The molecule has 0 spiro atoms. The number of aromatic nitrogens is 2. The molecule has 1 saturated carbocycles. The summed E-state index contributed by atoms with van der Waals surface area (Å²) in [6, 6.07) is 13.1. The smallest absolute Gasteiger partial charge is 0.253 e. The number of carbonyl (C=O) groups excluding carboxylic acids is 1. The van der Waals surface area contributed by atoms with Crippen LogP contribution in [-0.4, -0.2) is 51.8 Å². The van der Waals surface area contributed by atoms with Crippen LogP contribution in [-0.2, 0) is 0 Å². The second-order valence-corrected chi connectivity index (χ2v) is 8.73. The van der Waals surface area contributed by atoms with E-state index >= 15 is 0 Å². The number of benzene rings is 2. The summed E-state index contributed by atoms with van der Waals surface area (Å²) in [6.07, 6.45) is 2.90. The largest absolute Gasteiger partial charge is 0.495 e. The summed E-state index contributed by atoms with van der Waals surface area (Å²) in [6.45, 7) is 1.37. The van der Waals surface area contributed by atoms with Crippen molar-refractivity contribution in [3.05, 3.63) is 59.4 Å². The summed E-state index contributed by atoms with van der Waals surface area (Å²) >= 11 is 6.21. The summed E-state index contributed by atoms with van der Waals surface area (Å²) in [4.78, 5) is 19.4. The predicted molar refractivity (Wildman–Crippen MR) is 115 cm³/mol. The molecule has 1 saturated heterocycles. The van der Waals surface area contributed by atoms with Crippen LogP contribution in [0.1, 0.15) is 29.2 Å². The third-order valence-corrected chi connectivity index (χ3v) is 6.93. The van der Waals surface area contributed by atoms with Crippen LogP contribution in [0.25, 0.3) is 11.0 Å². The number of aliphatic hydroxyl groups excluding tert-OH is 1. The van der Waals surface area contributed by atoms with Crippen LogP contribution < -0.4 is 4.74 Å². The van der Waals surface area contributed by atoms with Gasteiger partial charge in [-0.3, -0.25) is 4.79 Å². The number of rotatable bonds is 3. The Hall–Kier alpha value is -2.57. The van der Waals surface area contributed by atoms with Gasteiger partial charge in [0.2, 0.25) is 0 Å². The van der Waals surface area contributed by atoms with Gasteiger partial charge in [0, 0.05) is 18.7 Å². The van der Waals surface area contributed by atoms with Crippen molar-refractivity contribution in [1.29, 1.82) is 0 Å². The molecule has 1 N–H and O–H groups in total. The number of para-hydroxylation sites is 2. The second kappa shape index (κ2) is 7.60. The van der Waals surface area contributed by atoms with Gasteiger partial charge in [0.1, 0.15) is 5.75 Å². The normalized spacial score (nSPS) is 26.0. The average Bonchev–Trinajstić information content (AvgIpc) is 3.36. The molecule has 1 amide bonds. The standard InChI is InChI=1S/C23H24ClN3O3/c1-30-22-7-6-14(8-17(22)24)23(29)26-11-15-9-20(21(28)10-16(15)12-26)27-13-25-18-4-2-3-5-19(18)27/h2-8,13,15-16,20-21,28H,9-12H2,1H3/t15-,16+,20-,21-/m1/s1. The molecule has 2 heterocycles. The molecular formula is C23H24ClN3O3. The average molecular weight is 426 g/mol. The molecule has 5 rings (SSSR count). The number of fused-ring (bicyclic) bond motifs is 2. The quantitative estimate of drug-likeness (QED) is 0.693. The zero-order chi connectivity index (χ0) is 20.8. The number of imidazole rings is 1. The molecule has 30 heavy (non-hydrogen) atoms. The monoisotopic (exact) mass is 425 g/mol. The molecular weight excluding hydrogens is 402 g/mol. The lowest BCUT2D eigenvalue weighted by Crippen LogP contribution is -2.36. The molecule has 2 fully saturated rings. The Kier molecular flexibility index (Phi) is 4.91. The van der Waals surface area contributed by atoms with Crippen molar-refractivity contribution in [2.24, 2.45) is 11.8 Å². The van der Waals surface area contributed by atoms with Gasteiger partial charge >= 0.3 is 0 Å². The summed E-state index contributed by atoms with van der Waals surface area (Å²) < 4.78 is 7.28. The number of hydrogen-bond donors (Lipinski definition) is 1. The number of aliphatic hydroxyl groups is 1. The molecule has 2 aliphatic rings. The molecule has 4 atom stereocenters. The molecule has 6 nitrogen and oxygen atoms in total. The minimum Gasteiger partial charge on any atom is -0.495 e. The topological polar surface area (TPSA) is 67.6 Å². The highest BCUT2D eigenvalue weighted by atomic mass is 35.5. The van der Waals surface area contributed by atoms with Crippen molar-refractivity contribution in [3.63, 3.8) is 0 Å². The lowest BCUT2D eigenvalue weighted by atomic mass is 9.77. The van der Waals surface area contributed by atoms with Crippen LogP contribution >= 0.6 is 11.6 Å². The van der Waals surface area contributed by atoms with Gasteiger partial charge in [-0.05, 0) is 55.0 Å². The Morgan fingerprint density at radius 3 is 2.70 bits per heavy atom. The van der Waals surface area contributed by atoms with E-state index in [2.05, 4.69) is 9.55 Å². The molecule has 0 radical (unpaired) electrons. The molecule has 1 aliphatic carbocycles. The van der Waals surface area contributed by atoms with Gasteiger partial charge in [0.15, 0.2) is 0 Å². The number of methoxy groups -OCH3 is 1. The van der Waals surface area contributed by atoms with Crippen molar-refractivity contribution in [2.45, 2.75) is 25.0 Å². The number of halogens is 1. The fourth-order valence-electron chi connectivity index (χ4n) is 5.10. The fourth-order valence-corrected chi connectivity index (χ4v) is 5.35. The Morgan fingerprint density at radius 2 is 1.93 bits per heavy atom. The van der Waals surface area contributed by atoms with E-state index in [-0.39, 0.29) is 11.9 Å². The van der Waals surface area contributed by atoms with Crippen molar-refractivity contribution in [3.8, 4) is 5.75 Å². The zero-order valence-corrected chi connectivity index (χ0v) is 17.5. The maximum Gasteiger partial charge on any atom is 0.253 e. The molecule has 7 heteroatoms. The molecule has 1 aliphatic heterocycles. The fraction of sp³-hybridized carbons (Fsp3) is 0.391. The van der Waals surface area contributed by atoms with E-state index in [9.17, 15) is 9.90 Å². The van der Waals surface area contributed by atoms with Crippen LogP contribution in [0.4, 0.5) is 0 Å². The second-order valence-electron chi connectivity index (χ2n) is 8.33. The Labute approximate surface area is 180 Å². The maximum absolute atomic E-state index is 13.1. The summed E-state index contributed by atoms with van der Waals surface area (Å²) in [5, 5.41) is 11.3. The van der Waals surface area contributed by atoms with Crippen LogP contribution in [0.3, 0.4) is 0 Å². The highest BCUT2D eigenvalue weighted by molar-refractivity contribution is 6.32. The van der Waals surface area contributed by atoms with Crippen LogP contribution in [0, 0.1) is 11.8 Å². The van der Waals surface area contributed by atoms with Crippen molar-refractivity contribution < 1.29 is 14.6 Å². The van der Waals surface area contributed by atoms with Crippen LogP contribution in [0.5, 0.6) is 5.75 Å². The summed E-state index contributed by atoms with van der Waals surface area (Å²) in [7, 11) is 1.55. The highest BCUT2D eigenvalue weighted by Crippen LogP contribution is 2.42. The number of carbonyl (C=O) groups is 1. The third-order valence-electron chi connectivity index (χ3n) is 6.63. The molecule has 156 valence electrons. The van der Waals surface area contributed by atoms with Gasteiger partial charge in [-0.1, -0.05) is 23.7 Å². The minimum atomic E-state index is -0.450. The molecule has 0 bridgehead atoms. The highest BCUT2D eigenvalue weighted by Gasteiger charge is 2.44. The van der Waals surface area contributed by atoms with Crippen molar-refractivity contribution >= 4 is 28.5 Å². The Morgan fingerprint density at radius 1 is 1.17 bits per heavy atom. The summed E-state index contributed by atoms with van der Waals surface area (Å²) in [5.41, 5.74) is 2.54. The first-order chi connectivity index (χ1) is 14.5. The van der Waals surface area contributed by atoms with E-state index in [0.717, 1.165) is 17.5 Å². The first kappa shape index (κ1) is 19.4. The maximum atomic E-state index is 13.1. The molecule has 3 aromatic rings. The summed E-state index contributed by atoms with van der Waals surface area (Å²) in [5.74, 6) is 1.20. The first-order valence-corrected chi connectivity index (χ1v) is 10.7. The number of hydrogen-bond acceptors (Lipinski definition) is 4. The SMILES string of the molecule is COc1ccc(C(=O)N2C[C@H]3C[C@@H](n4cnc5ccccc54)[C@H](O)C[C@H]3C2)cc1Cl. The molecule has 1 aromatic heterocycles. The minimum absolute atomic E-state index is 0.0203. The third kappa shape index (κ3) is 3.24. The van der Waals surface area contributed by atoms with E-state index in [4.69, 9.17) is 16.3 Å². The van der Waals surface area contributed by atoms with Gasteiger partial charge < -0.3 is 19.3 Å². The van der Waals surface area contributed by atoms with E-state index < -0.39 is 6.10 Å². The van der Waals surface area contributed by atoms with Crippen molar-refractivity contribution in [1.82, 2.24) is 14.5 Å². The van der Waals surface area contributed by atoms with Crippen molar-refractivity contribution in [2.75, 3.05) is 20.2 Å². The lowest BCUT2D eigenvalue weighted by molar-refractivity contribution is 0.0374. The molecule has 0 unspecified atom stereocenters. The van der Waals surface area contributed by atoms with E-state index in [1.165, 1.54) is 0 Å². The van der Waals surface area contributed by atoms with Crippen LogP contribution in [0.2, 0.25) is 5.02 Å². The van der Waals surface area contributed by atoms with Gasteiger partial charge in [0.25, 0.3) is 5.91 Å². The zero-order valence-electron chi connectivity index (χ0n) is 16.7. The van der Waals surface area contributed by atoms with E-state index in [0.29, 0.717) is 47.7 Å². The van der Waals surface area contributed by atoms with Gasteiger partial charge in [-0.2, -0.15) is 0 Å². The Bertz CT molecular complexity index is 1100. The van der Waals surface area contributed by atoms with E-state index in [1.807, 2.05) is 35.5 Å². The van der Waals surface area contributed by atoms with E-state index in [1.54, 1.807) is 25.3 Å². The van der Waals surface area contributed by atoms with Crippen LogP contribution in [0.15, 0.2) is 48.8 Å². The predicted octanol–water partition coefficient (Wildman–Crippen LogP) is 3.78.